The summed E-state index contributed by atoms with van der Waals surface area (Å²) < 4.78 is 0. The lowest BCUT2D eigenvalue weighted by Crippen LogP contribution is -2.38. The first kappa shape index (κ1) is 20.2. The van der Waals surface area contributed by atoms with Crippen molar-refractivity contribution < 1.29 is 0 Å². The summed E-state index contributed by atoms with van der Waals surface area (Å²) in [5, 5.41) is 2.87. The van der Waals surface area contributed by atoms with Gasteiger partial charge in [0.15, 0.2) is 0 Å². The van der Waals surface area contributed by atoms with Crippen LogP contribution < -0.4 is 0 Å². The van der Waals surface area contributed by atoms with Gasteiger partial charge in [0.05, 0.1) is 0 Å². The average molecular weight is 445 g/mol. The highest BCUT2D eigenvalue weighted by Gasteiger charge is 2.35. The Morgan fingerprint density at radius 3 is 1.35 bits per heavy atom. The molecule has 0 radical (unpaired) electrons. The molecule has 3 aliphatic rings. The van der Waals surface area contributed by atoms with Crippen molar-refractivity contribution in [2.45, 2.75) is 22.7 Å². The van der Waals surface area contributed by atoms with Gasteiger partial charge in [-0.2, -0.15) is 82.3 Å². The molecule has 7 heteroatoms. The maximum absolute atomic E-state index is 2.33. The van der Waals surface area contributed by atoms with E-state index in [0.29, 0.717) is 5.41 Å². The summed E-state index contributed by atoms with van der Waals surface area (Å²) in [6, 6.07) is 0. The minimum atomic E-state index is 0.571. The van der Waals surface area contributed by atoms with Crippen LogP contribution in [0.3, 0.4) is 0 Å². The second-order valence-electron chi connectivity index (χ2n) is 6.55. The number of hydrogen-bond acceptors (Lipinski definition) is 7. The van der Waals surface area contributed by atoms with Crippen LogP contribution in [0, 0.1) is 5.41 Å². The Kier molecular flexibility index (Phi) is 9.39. The molecule has 3 fully saturated rings. The molecular formula is C16H28S7. The van der Waals surface area contributed by atoms with Gasteiger partial charge in [0, 0.05) is 78.7 Å². The van der Waals surface area contributed by atoms with Crippen LogP contribution in [-0.2, 0) is 0 Å². The second kappa shape index (κ2) is 10.7. The first-order valence-corrected chi connectivity index (χ1v) is 16.2. The first-order chi connectivity index (χ1) is 11.3. The average Bonchev–Trinajstić information content (AvgIpc) is 2.39. The predicted octanol–water partition coefficient (Wildman–Crippen LogP) is 5.27. The zero-order valence-corrected chi connectivity index (χ0v) is 19.6. The molecule has 0 bridgehead atoms. The lowest BCUT2D eigenvalue weighted by atomic mass is 9.99. The van der Waals surface area contributed by atoms with Crippen molar-refractivity contribution in [3.63, 3.8) is 0 Å². The molecule has 3 saturated heterocycles. The van der Waals surface area contributed by atoms with E-state index in [1.807, 2.05) is 0 Å². The summed E-state index contributed by atoms with van der Waals surface area (Å²) in [5.74, 6) is 15.3. The van der Waals surface area contributed by atoms with Crippen LogP contribution in [0.4, 0.5) is 0 Å². The monoisotopic (exact) mass is 444 g/mol. The van der Waals surface area contributed by atoms with Crippen molar-refractivity contribution in [3.05, 3.63) is 0 Å². The lowest BCUT2D eigenvalue weighted by molar-refractivity contribution is 0.513. The maximum atomic E-state index is 2.33. The van der Waals surface area contributed by atoms with Crippen LogP contribution in [0.5, 0.6) is 0 Å². The topological polar surface area (TPSA) is 0 Å². The van der Waals surface area contributed by atoms with E-state index in [-0.39, 0.29) is 0 Å². The largest absolute Gasteiger partial charge is 0.162 e. The van der Waals surface area contributed by atoms with Gasteiger partial charge in [0.25, 0.3) is 0 Å². The molecule has 0 atom stereocenters. The van der Waals surface area contributed by atoms with E-state index in [0.717, 1.165) is 15.7 Å². The number of thioether (sulfide) groups is 7. The van der Waals surface area contributed by atoms with E-state index >= 15 is 0 Å². The van der Waals surface area contributed by atoms with Crippen LogP contribution in [0.15, 0.2) is 0 Å². The van der Waals surface area contributed by atoms with E-state index in [4.69, 9.17) is 0 Å². The minimum Gasteiger partial charge on any atom is -0.162 e. The molecule has 0 N–H and O–H groups in total. The van der Waals surface area contributed by atoms with Crippen molar-refractivity contribution in [2.24, 2.45) is 5.41 Å². The Bertz CT molecular complexity index is 294. The minimum absolute atomic E-state index is 0.571. The molecule has 23 heavy (non-hydrogen) atoms. The van der Waals surface area contributed by atoms with Crippen LogP contribution in [0.25, 0.3) is 0 Å². The number of rotatable bonds is 12. The van der Waals surface area contributed by atoms with Crippen LogP contribution in [0.2, 0.25) is 0 Å². The highest BCUT2D eigenvalue weighted by Crippen LogP contribution is 2.43. The van der Waals surface area contributed by atoms with Gasteiger partial charge in [-0.25, -0.2) is 0 Å². The van der Waals surface area contributed by atoms with Crippen molar-refractivity contribution in [1.82, 2.24) is 0 Å². The molecule has 0 amide bonds. The Hall–Kier alpha value is 2.45. The van der Waals surface area contributed by atoms with Crippen molar-refractivity contribution >= 4 is 82.3 Å². The van der Waals surface area contributed by atoms with Crippen LogP contribution in [-0.4, -0.2) is 79.0 Å². The molecule has 0 nitrogen and oxygen atoms in total. The molecule has 3 heterocycles. The zero-order valence-electron chi connectivity index (χ0n) is 13.9. The van der Waals surface area contributed by atoms with Gasteiger partial charge in [-0.15, -0.1) is 0 Å². The van der Waals surface area contributed by atoms with Gasteiger partial charge in [-0.3, -0.25) is 0 Å². The molecule has 0 spiro atoms. The van der Waals surface area contributed by atoms with Crippen molar-refractivity contribution in [1.29, 1.82) is 0 Å². The molecule has 0 aromatic heterocycles. The third kappa shape index (κ3) is 6.53. The summed E-state index contributed by atoms with van der Waals surface area (Å²) in [7, 11) is 0. The van der Waals surface area contributed by atoms with Crippen LogP contribution >= 0.6 is 82.3 Å². The van der Waals surface area contributed by atoms with Gasteiger partial charge in [-0.05, 0) is 5.75 Å². The van der Waals surface area contributed by atoms with E-state index in [1.165, 1.54) is 63.3 Å². The third-order valence-electron chi connectivity index (χ3n) is 4.31. The van der Waals surface area contributed by atoms with Gasteiger partial charge in [0.1, 0.15) is 0 Å². The van der Waals surface area contributed by atoms with Gasteiger partial charge < -0.3 is 0 Å². The fraction of sp³-hybridized carbons (Fsp3) is 1.00. The third-order valence-corrected chi connectivity index (χ3v) is 15.4. The van der Waals surface area contributed by atoms with E-state index in [9.17, 15) is 0 Å². The summed E-state index contributed by atoms with van der Waals surface area (Å²) in [6.07, 6.45) is 0. The number of hydrogen-bond donors (Lipinski definition) is 0. The molecule has 0 aromatic carbocycles. The molecule has 3 rings (SSSR count). The summed E-state index contributed by atoms with van der Waals surface area (Å²) in [5.41, 5.74) is 0.571. The predicted molar refractivity (Wildman–Crippen MR) is 126 cm³/mol. The molecule has 134 valence electrons. The van der Waals surface area contributed by atoms with Gasteiger partial charge >= 0.3 is 0 Å². The van der Waals surface area contributed by atoms with Crippen molar-refractivity contribution in [3.8, 4) is 0 Å². The van der Waals surface area contributed by atoms with Crippen molar-refractivity contribution in [2.75, 3.05) is 63.3 Å². The summed E-state index contributed by atoms with van der Waals surface area (Å²) in [6.45, 7) is 2.33. The maximum Gasteiger partial charge on any atom is 0.0229 e. The second-order valence-corrected chi connectivity index (χ2v) is 14.9. The standard InChI is InChI=1S/C16H28S7/c1-2-17-9-16(10-21-13-3-18-4-13,11-22-14-5-19-6-14)12-23-15-7-20-8-15/h13-15H,2-12H2,1H3. The Morgan fingerprint density at radius 2 is 1.09 bits per heavy atom. The van der Waals surface area contributed by atoms with E-state index in [2.05, 4.69) is 89.3 Å². The van der Waals surface area contributed by atoms with Gasteiger partial charge in [-0.1, -0.05) is 6.92 Å². The van der Waals surface area contributed by atoms with Gasteiger partial charge in [0.2, 0.25) is 0 Å². The SMILES string of the molecule is CCSCC(CSC1CSC1)(CSC1CSC1)CSC1CSC1. The zero-order chi connectivity index (χ0) is 16.0. The lowest BCUT2D eigenvalue weighted by Gasteiger charge is -2.39. The Morgan fingerprint density at radius 1 is 0.696 bits per heavy atom. The molecule has 0 aromatic rings. The fourth-order valence-electron chi connectivity index (χ4n) is 2.38. The molecule has 3 aliphatic heterocycles. The summed E-state index contributed by atoms with van der Waals surface area (Å²) in [4.78, 5) is 0. The van der Waals surface area contributed by atoms with E-state index < -0.39 is 0 Å². The molecule has 0 saturated carbocycles. The highest BCUT2D eigenvalue weighted by atomic mass is 32.2. The quantitative estimate of drug-likeness (QED) is 0.397. The van der Waals surface area contributed by atoms with Crippen LogP contribution in [0.1, 0.15) is 6.92 Å². The normalized spacial score (nSPS) is 23.3. The molecule has 0 unspecified atom stereocenters. The highest BCUT2D eigenvalue weighted by molar-refractivity contribution is 8.09. The Labute approximate surface area is 172 Å². The smallest absolute Gasteiger partial charge is 0.0229 e. The molecular weight excluding hydrogens is 417 g/mol. The fourth-order valence-corrected chi connectivity index (χ4v) is 12.1. The van der Waals surface area contributed by atoms with E-state index in [1.54, 1.807) is 0 Å². The molecule has 0 aliphatic carbocycles. The Balaban J connectivity index is 1.54. The first-order valence-electron chi connectivity index (χ1n) is 8.45. The summed E-state index contributed by atoms with van der Waals surface area (Å²) >= 11 is 15.5.